The van der Waals surface area contributed by atoms with E-state index in [-0.39, 0.29) is 0 Å². The molecule has 1 saturated carbocycles. The number of hydrogen-bond acceptors (Lipinski definition) is 2. The molecule has 0 aliphatic heterocycles. The van der Waals surface area contributed by atoms with Crippen molar-refractivity contribution in [1.29, 1.82) is 0 Å². The molecule has 0 bridgehead atoms. The maximum atomic E-state index is 5.78. The summed E-state index contributed by atoms with van der Waals surface area (Å²) in [6, 6.07) is 8.89. The molecular formula is C14H19N3. The van der Waals surface area contributed by atoms with E-state index in [4.69, 9.17) is 5.73 Å². The number of benzene rings is 1. The minimum Gasteiger partial charge on any atom is -0.361 e. The molecule has 3 nitrogen and oxygen atoms in total. The summed E-state index contributed by atoms with van der Waals surface area (Å²) in [5.41, 5.74) is 8.35. The van der Waals surface area contributed by atoms with Gasteiger partial charge >= 0.3 is 0 Å². The van der Waals surface area contributed by atoms with Gasteiger partial charge in [0, 0.05) is 29.7 Å². The third-order valence-electron chi connectivity index (χ3n) is 3.70. The van der Waals surface area contributed by atoms with E-state index < -0.39 is 0 Å². The van der Waals surface area contributed by atoms with Crippen molar-refractivity contribution in [1.82, 2.24) is 10.3 Å². The lowest BCUT2D eigenvalue weighted by Gasteiger charge is -2.32. The number of hydrogen-bond donors (Lipinski definition) is 3. The summed E-state index contributed by atoms with van der Waals surface area (Å²) in [6.07, 6.45) is 4.46. The van der Waals surface area contributed by atoms with Gasteiger partial charge in [0.25, 0.3) is 0 Å². The maximum absolute atomic E-state index is 5.78. The molecule has 1 aliphatic rings. The van der Waals surface area contributed by atoms with Crippen molar-refractivity contribution in [3.63, 3.8) is 0 Å². The predicted molar refractivity (Wildman–Crippen MR) is 70.7 cm³/mol. The molecule has 0 atom stereocenters. The summed E-state index contributed by atoms with van der Waals surface area (Å²) in [5.74, 6) is 0.787. The fourth-order valence-electron chi connectivity index (χ4n) is 2.64. The summed E-state index contributed by atoms with van der Waals surface area (Å²) >= 11 is 0. The number of nitrogens with two attached hydrogens (primary N) is 1. The summed E-state index contributed by atoms with van der Waals surface area (Å²) in [6.45, 7) is 2.03. The topological polar surface area (TPSA) is 53.8 Å². The molecule has 3 rings (SSSR count). The van der Waals surface area contributed by atoms with Crippen LogP contribution < -0.4 is 11.1 Å². The number of aromatic amines is 1. The lowest BCUT2D eigenvalue weighted by Crippen LogP contribution is -2.41. The van der Waals surface area contributed by atoms with E-state index >= 15 is 0 Å². The van der Waals surface area contributed by atoms with Gasteiger partial charge < -0.3 is 16.0 Å². The Bertz CT molecular complexity index is 497. The van der Waals surface area contributed by atoms with E-state index in [1.165, 1.54) is 29.3 Å². The normalized spacial score (nSPS) is 23.8. The number of H-pyrrole nitrogens is 1. The Morgan fingerprint density at radius 2 is 2.12 bits per heavy atom. The molecule has 0 spiro atoms. The van der Waals surface area contributed by atoms with Crippen molar-refractivity contribution in [2.75, 3.05) is 6.54 Å². The third kappa shape index (κ3) is 2.21. The SMILES string of the molecule is NC1CC(CNCc2c[nH]c3ccccc23)C1. The highest BCUT2D eigenvalue weighted by Gasteiger charge is 2.24. The van der Waals surface area contributed by atoms with Gasteiger partial charge in [-0.05, 0) is 36.9 Å². The van der Waals surface area contributed by atoms with Crippen LogP contribution in [-0.4, -0.2) is 17.6 Å². The monoisotopic (exact) mass is 229 g/mol. The van der Waals surface area contributed by atoms with Crippen LogP contribution in [0.15, 0.2) is 30.5 Å². The van der Waals surface area contributed by atoms with Crippen molar-refractivity contribution >= 4 is 10.9 Å². The van der Waals surface area contributed by atoms with E-state index in [1.807, 2.05) is 0 Å². The largest absolute Gasteiger partial charge is 0.361 e. The standard InChI is InChI=1S/C14H19N3/c15-12-5-10(6-12)7-16-8-11-9-17-14-4-2-1-3-13(11)14/h1-4,9-10,12,16-17H,5-8,15H2. The van der Waals surface area contributed by atoms with Crippen LogP contribution >= 0.6 is 0 Å². The molecule has 1 heterocycles. The Morgan fingerprint density at radius 3 is 2.94 bits per heavy atom. The highest BCUT2D eigenvalue weighted by molar-refractivity contribution is 5.82. The molecule has 1 aromatic heterocycles. The first-order chi connectivity index (χ1) is 8.33. The first-order valence-corrected chi connectivity index (χ1v) is 6.34. The first-order valence-electron chi connectivity index (χ1n) is 6.34. The van der Waals surface area contributed by atoms with Gasteiger partial charge in [0.15, 0.2) is 0 Å². The first kappa shape index (κ1) is 10.8. The number of fused-ring (bicyclic) bond motifs is 1. The van der Waals surface area contributed by atoms with Crippen molar-refractivity contribution in [3.8, 4) is 0 Å². The van der Waals surface area contributed by atoms with Crippen LogP contribution in [-0.2, 0) is 6.54 Å². The van der Waals surface area contributed by atoms with Gasteiger partial charge in [-0.3, -0.25) is 0 Å². The average molecular weight is 229 g/mol. The highest BCUT2D eigenvalue weighted by atomic mass is 14.9. The van der Waals surface area contributed by atoms with Gasteiger partial charge in [0.2, 0.25) is 0 Å². The van der Waals surface area contributed by atoms with Crippen molar-refractivity contribution in [2.45, 2.75) is 25.4 Å². The van der Waals surface area contributed by atoms with E-state index in [0.717, 1.165) is 19.0 Å². The smallest absolute Gasteiger partial charge is 0.0457 e. The fraction of sp³-hybridized carbons (Fsp3) is 0.429. The molecule has 17 heavy (non-hydrogen) atoms. The number of rotatable bonds is 4. The van der Waals surface area contributed by atoms with Gasteiger partial charge in [-0.15, -0.1) is 0 Å². The molecular weight excluding hydrogens is 210 g/mol. The van der Waals surface area contributed by atoms with Gasteiger partial charge in [-0.25, -0.2) is 0 Å². The van der Waals surface area contributed by atoms with E-state index in [0.29, 0.717) is 6.04 Å². The van der Waals surface area contributed by atoms with Crippen molar-refractivity contribution in [2.24, 2.45) is 11.7 Å². The quantitative estimate of drug-likeness (QED) is 0.751. The van der Waals surface area contributed by atoms with Crippen LogP contribution in [0.3, 0.4) is 0 Å². The molecule has 0 radical (unpaired) electrons. The Labute approximate surface area is 101 Å². The molecule has 0 saturated heterocycles. The summed E-state index contributed by atoms with van der Waals surface area (Å²) < 4.78 is 0. The van der Waals surface area contributed by atoms with Crippen molar-refractivity contribution in [3.05, 3.63) is 36.0 Å². The lowest BCUT2D eigenvalue weighted by atomic mass is 9.81. The molecule has 2 aromatic rings. The van der Waals surface area contributed by atoms with Crippen LogP contribution in [0.25, 0.3) is 10.9 Å². The van der Waals surface area contributed by atoms with E-state index in [2.05, 4.69) is 40.8 Å². The molecule has 1 aromatic carbocycles. The van der Waals surface area contributed by atoms with Crippen LogP contribution in [0.4, 0.5) is 0 Å². The molecule has 1 aliphatic carbocycles. The Morgan fingerprint density at radius 1 is 1.29 bits per heavy atom. The zero-order valence-corrected chi connectivity index (χ0v) is 9.95. The minimum absolute atomic E-state index is 0.454. The van der Waals surface area contributed by atoms with Crippen LogP contribution in [0.5, 0.6) is 0 Å². The van der Waals surface area contributed by atoms with E-state index in [1.54, 1.807) is 0 Å². The number of para-hydroxylation sites is 1. The lowest BCUT2D eigenvalue weighted by molar-refractivity contribution is 0.256. The van der Waals surface area contributed by atoms with Crippen LogP contribution in [0.2, 0.25) is 0 Å². The highest BCUT2D eigenvalue weighted by Crippen LogP contribution is 2.24. The van der Waals surface area contributed by atoms with Crippen LogP contribution in [0.1, 0.15) is 18.4 Å². The molecule has 1 fully saturated rings. The summed E-state index contributed by atoms with van der Waals surface area (Å²) in [7, 11) is 0. The van der Waals surface area contributed by atoms with Crippen molar-refractivity contribution < 1.29 is 0 Å². The van der Waals surface area contributed by atoms with Gasteiger partial charge in [0.1, 0.15) is 0 Å². The molecule has 0 amide bonds. The van der Waals surface area contributed by atoms with Gasteiger partial charge in [-0.2, -0.15) is 0 Å². The fourth-order valence-corrected chi connectivity index (χ4v) is 2.64. The second kappa shape index (κ2) is 4.51. The summed E-state index contributed by atoms with van der Waals surface area (Å²) in [5, 5.41) is 4.85. The second-order valence-corrected chi connectivity index (χ2v) is 5.09. The third-order valence-corrected chi connectivity index (χ3v) is 3.70. The average Bonchev–Trinajstić information content (AvgIpc) is 2.70. The number of aromatic nitrogens is 1. The minimum atomic E-state index is 0.454. The molecule has 90 valence electrons. The van der Waals surface area contributed by atoms with E-state index in [9.17, 15) is 0 Å². The molecule has 3 heteroatoms. The second-order valence-electron chi connectivity index (χ2n) is 5.09. The Hall–Kier alpha value is -1.32. The predicted octanol–water partition coefficient (Wildman–Crippen LogP) is 1.99. The number of nitrogens with one attached hydrogen (secondary N) is 2. The molecule has 4 N–H and O–H groups in total. The van der Waals surface area contributed by atoms with Crippen LogP contribution in [0, 0.1) is 5.92 Å². The Balaban J connectivity index is 1.58. The van der Waals surface area contributed by atoms with Gasteiger partial charge in [-0.1, -0.05) is 18.2 Å². The summed E-state index contributed by atoms with van der Waals surface area (Å²) in [4.78, 5) is 3.30. The zero-order valence-electron chi connectivity index (χ0n) is 9.95. The Kier molecular flexibility index (Phi) is 2.87. The maximum Gasteiger partial charge on any atom is 0.0457 e. The molecule has 0 unspecified atom stereocenters. The van der Waals surface area contributed by atoms with Gasteiger partial charge in [0.05, 0.1) is 0 Å². The zero-order chi connectivity index (χ0) is 11.7.